The van der Waals surface area contributed by atoms with Gasteiger partial charge in [0.25, 0.3) is 5.91 Å². The Morgan fingerprint density at radius 2 is 2.14 bits per heavy atom. The maximum absolute atomic E-state index is 11.4. The van der Waals surface area contributed by atoms with Crippen LogP contribution in [-0.4, -0.2) is 22.7 Å². The van der Waals surface area contributed by atoms with Crippen molar-refractivity contribution >= 4 is 17.5 Å². The van der Waals surface area contributed by atoms with Gasteiger partial charge in [-0.3, -0.25) is 4.79 Å². The van der Waals surface area contributed by atoms with Gasteiger partial charge in [-0.25, -0.2) is 0 Å². The summed E-state index contributed by atoms with van der Waals surface area (Å²) in [4.78, 5) is 11.4. The predicted molar refractivity (Wildman–Crippen MR) is 50.8 cm³/mol. The minimum atomic E-state index is -0.442. The van der Waals surface area contributed by atoms with Gasteiger partial charge in [-0.05, 0) is 18.1 Å². The molecule has 0 radical (unpaired) electrons. The molecular weight excluding hydrogens is 206 g/mol. The van der Waals surface area contributed by atoms with Gasteiger partial charge in [-0.1, -0.05) is 11.6 Å². The van der Waals surface area contributed by atoms with Crippen LogP contribution in [0, 0.1) is 0 Å². The number of carbonyl (C=O) groups is 1. The molecule has 1 aliphatic rings. The van der Waals surface area contributed by atoms with Crippen molar-refractivity contribution in [2.45, 2.75) is 6.42 Å². The maximum atomic E-state index is 11.4. The van der Waals surface area contributed by atoms with Gasteiger partial charge in [-0.15, -0.1) is 0 Å². The minimum absolute atomic E-state index is 0.0859. The first-order valence-corrected chi connectivity index (χ1v) is 4.50. The highest BCUT2D eigenvalue weighted by molar-refractivity contribution is 6.35. The lowest BCUT2D eigenvalue weighted by molar-refractivity contribution is 0.0945. The Morgan fingerprint density at radius 1 is 1.43 bits per heavy atom. The van der Waals surface area contributed by atoms with Crippen molar-refractivity contribution in [3.8, 4) is 11.5 Å². The standard InChI is InChI=1S/C9H8ClNO3/c10-7-6-4(1-2-11-9(6)14)3-5(12)8(7)13/h3,12-13H,1-2H2,(H,11,14). The summed E-state index contributed by atoms with van der Waals surface area (Å²) in [5.41, 5.74) is 0.919. The second-order valence-corrected chi connectivity index (χ2v) is 3.48. The van der Waals surface area contributed by atoms with E-state index in [1.54, 1.807) is 0 Å². The molecule has 0 saturated heterocycles. The zero-order valence-electron chi connectivity index (χ0n) is 7.17. The first-order chi connectivity index (χ1) is 6.61. The van der Waals surface area contributed by atoms with Crippen LogP contribution < -0.4 is 5.32 Å². The molecule has 4 nitrogen and oxygen atoms in total. The molecule has 0 aliphatic carbocycles. The molecule has 0 bridgehead atoms. The van der Waals surface area contributed by atoms with E-state index < -0.39 is 5.75 Å². The van der Waals surface area contributed by atoms with Gasteiger partial charge in [0, 0.05) is 6.54 Å². The van der Waals surface area contributed by atoms with Crippen LogP contribution in [0.25, 0.3) is 0 Å². The van der Waals surface area contributed by atoms with E-state index in [4.69, 9.17) is 11.6 Å². The number of rotatable bonds is 0. The van der Waals surface area contributed by atoms with Gasteiger partial charge in [0.2, 0.25) is 0 Å². The molecule has 0 aromatic heterocycles. The van der Waals surface area contributed by atoms with Crippen molar-refractivity contribution in [3.05, 3.63) is 22.2 Å². The third-order valence-corrected chi connectivity index (χ3v) is 2.58. The van der Waals surface area contributed by atoms with Crippen molar-refractivity contribution in [3.63, 3.8) is 0 Å². The number of halogens is 1. The SMILES string of the molecule is O=C1NCCc2cc(O)c(O)c(Cl)c21. The van der Waals surface area contributed by atoms with Crippen molar-refractivity contribution < 1.29 is 15.0 Å². The molecule has 2 rings (SSSR count). The first kappa shape index (κ1) is 9.15. The van der Waals surface area contributed by atoms with Gasteiger partial charge in [0.15, 0.2) is 11.5 Å². The number of fused-ring (bicyclic) bond motifs is 1. The zero-order valence-corrected chi connectivity index (χ0v) is 7.93. The quantitative estimate of drug-likeness (QED) is 0.564. The fraction of sp³-hybridized carbons (Fsp3) is 0.222. The van der Waals surface area contributed by atoms with Crippen LogP contribution in [0.15, 0.2) is 6.07 Å². The highest BCUT2D eigenvalue weighted by atomic mass is 35.5. The number of phenolic OH excluding ortho intramolecular Hbond substituents is 2. The summed E-state index contributed by atoms with van der Waals surface area (Å²) in [5, 5.41) is 21.1. The van der Waals surface area contributed by atoms with Crippen molar-refractivity contribution in [1.82, 2.24) is 5.32 Å². The van der Waals surface area contributed by atoms with Crippen LogP contribution in [-0.2, 0) is 6.42 Å². The van der Waals surface area contributed by atoms with E-state index in [1.165, 1.54) is 6.07 Å². The zero-order chi connectivity index (χ0) is 10.3. The fourth-order valence-corrected chi connectivity index (χ4v) is 1.82. The van der Waals surface area contributed by atoms with E-state index in [1.807, 2.05) is 0 Å². The molecule has 0 spiro atoms. The van der Waals surface area contributed by atoms with Gasteiger partial charge < -0.3 is 15.5 Å². The highest BCUT2D eigenvalue weighted by Crippen LogP contribution is 2.38. The van der Waals surface area contributed by atoms with E-state index >= 15 is 0 Å². The molecule has 1 aliphatic heterocycles. The van der Waals surface area contributed by atoms with Gasteiger partial charge in [-0.2, -0.15) is 0 Å². The van der Waals surface area contributed by atoms with E-state index in [9.17, 15) is 15.0 Å². The Hall–Kier alpha value is -1.42. The molecule has 1 aromatic rings. The molecule has 5 heteroatoms. The monoisotopic (exact) mass is 213 g/mol. The number of nitrogens with one attached hydrogen (secondary N) is 1. The number of carbonyl (C=O) groups excluding carboxylic acids is 1. The fourth-order valence-electron chi connectivity index (χ4n) is 1.52. The first-order valence-electron chi connectivity index (χ1n) is 4.12. The predicted octanol–water partition coefficient (Wildman–Crippen LogP) is 1.04. The van der Waals surface area contributed by atoms with Gasteiger partial charge >= 0.3 is 0 Å². The second-order valence-electron chi connectivity index (χ2n) is 3.10. The Kier molecular flexibility index (Phi) is 2.00. The van der Waals surface area contributed by atoms with Crippen LogP contribution in [0.3, 0.4) is 0 Å². The molecule has 1 amide bonds. The molecule has 0 atom stereocenters. The van der Waals surface area contributed by atoms with Gasteiger partial charge in [0.1, 0.15) is 0 Å². The van der Waals surface area contributed by atoms with Crippen molar-refractivity contribution in [2.24, 2.45) is 0 Å². The smallest absolute Gasteiger partial charge is 0.253 e. The average Bonchev–Trinajstić information content (AvgIpc) is 2.14. The highest BCUT2D eigenvalue weighted by Gasteiger charge is 2.24. The van der Waals surface area contributed by atoms with Crippen LogP contribution in [0.1, 0.15) is 15.9 Å². The molecule has 0 saturated carbocycles. The maximum Gasteiger partial charge on any atom is 0.253 e. The lowest BCUT2D eigenvalue weighted by Gasteiger charge is -2.18. The van der Waals surface area contributed by atoms with Crippen LogP contribution in [0.5, 0.6) is 11.5 Å². The van der Waals surface area contributed by atoms with E-state index in [0.29, 0.717) is 18.5 Å². The summed E-state index contributed by atoms with van der Waals surface area (Å²) in [7, 11) is 0. The third kappa shape index (κ3) is 1.19. The Labute approximate surface area is 85.1 Å². The second kappa shape index (κ2) is 3.06. The number of benzene rings is 1. The van der Waals surface area contributed by atoms with E-state index in [0.717, 1.165) is 0 Å². The summed E-state index contributed by atoms with van der Waals surface area (Å²) < 4.78 is 0. The summed E-state index contributed by atoms with van der Waals surface area (Å²) in [6.45, 7) is 0.520. The summed E-state index contributed by atoms with van der Waals surface area (Å²) >= 11 is 5.74. The minimum Gasteiger partial charge on any atom is -0.504 e. The Morgan fingerprint density at radius 3 is 2.86 bits per heavy atom. The van der Waals surface area contributed by atoms with E-state index in [-0.39, 0.29) is 22.2 Å². The molecule has 74 valence electrons. The Balaban J connectivity index is 2.70. The van der Waals surface area contributed by atoms with Crippen LogP contribution in [0.4, 0.5) is 0 Å². The molecule has 0 fully saturated rings. The van der Waals surface area contributed by atoms with Crippen molar-refractivity contribution in [2.75, 3.05) is 6.54 Å². The number of phenols is 2. The third-order valence-electron chi connectivity index (χ3n) is 2.21. The largest absolute Gasteiger partial charge is 0.504 e. The summed E-state index contributed by atoms with van der Waals surface area (Å²) in [6.07, 6.45) is 0.606. The lowest BCUT2D eigenvalue weighted by Crippen LogP contribution is -2.32. The van der Waals surface area contributed by atoms with E-state index in [2.05, 4.69) is 5.32 Å². The van der Waals surface area contributed by atoms with Crippen molar-refractivity contribution in [1.29, 1.82) is 0 Å². The number of hydrogen-bond donors (Lipinski definition) is 3. The summed E-state index contributed by atoms with van der Waals surface area (Å²) in [5.74, 6) is -1.04. The topological polar surface area (TPSA) is 69.6 Å². The Bertz CT molecular complexity index is 417. The lowest BCUT2D eigenvalue weighted by atomic mass is 9.99. The normalized spacial score (nSPS) is 14.8. The molecular formula is C9H8ClNO3. The van der Waals surface area contributed by atoms with Crippen LogP contribution in [0.2, 0.25) is 5.02 Å². The van der Waals surface area contributed by atoms with Crippen LogP contribution >= 0.6 is 11.6 Å². The molecule has 1 heterocycles. The molecule has 14 heavy (non-hydrogen) atoms. The number of hydrogen-bond acceptors (Lipinski definition) is 3. The average molecular weight is 214 g/mol. The molecule has 0 unspecified atom stereocenters. The van der Waals surface area contributed by atoms with Gasteiger partial charge in [0.05, 0.1) is 10.6 Å². The molecule has 3 N–H and O–H groups in total. The number of aromatic hydroxyl groups is 2. The summed E-state index contributed by atoms with van der Waals surface area (Å²) in [6, 6.07) is 1.37. The molecule has 1 aromatic carbocycles. The number of amides is 1.